The van der Waals surface area contributed by atoms with Gasteiger partial charge in [-0.2, -0.15) is 0 Å². The summed E-state index contributed by atoms with van der Waals surface area (Å²) in [6, 6.07) is 10.3. The second-order valence-corrected chi connectivity index (χ2v) is 6.79. The van der Waals surface area contributed by atoms with Crippen molar-refractivity contribution in [3.63, 3.8) is 0 Å². The predicted molar refractivity (Wildman–Crippen MR) is 59.6 cm³/mol. The zero-order chi connectivity index (χ0) is 14.1. The first-order valence-electron chi connectivity index (χ1n) is 4.32. The van der Waals surface area contributed by atoms with Crippen LogP contribution in [0.2, 0.25) is 0 Å². The van der Waals surface area contributed by atoms with Crippen LogP contribution in [0.25, 0.3) is 0 Å². The standard InChI is InChI=1S/C7H8.5CO.Fe/c1-7-5-3-2-4-6-7;5*1-2;/h2-6H,1H3;;;;;;. The SMILES string of the molecule is Cc1ccccc1.O=[C]=[Fe](=[C]=O)(=[C]=O)(=[C]=O)=[C]=O. The van der Waals surface area contributed by atoms with Crippen LogP contribution in [0.5, 0.6) is 0 Å². The van der Waals surface area contributed by atoms with Gasteiger partial charge in [0, 0.05) is 0 Å². The van der Waals surface area contributed by atoms with E-state index in [1.165, 1.54) is 5.56 Å². The average molecular weight is 288 g/mol. The van der Waals surface area contributed by atoms with Crippen molar-refractivity contribution in [3.05, 3.63) is 35.9 Å². The first-order chi connectivity index (χ1) is 8.51. The van der Waals surface area contributed by atoms with Gasteiger partial charge in [0.05, 0.1) is 0 Å². The van der Waals surface area contributed by atoms with Crippen LogP contribution < -0.4 is 0 Å². The molecule has 1 aromatic rings. The number of carbonyl (C=O) groups excluding carboxylic acids is 5. The van der Waals surface area contributed by atoms with Gasteiger partial charge in [-0.05, 0) is 6.92 Å². The van der Waals surface area contributed by atoms with Gasteiger partial charge in [-0.15, -0.1) is 0 Å². The van der Waals surface area contributed by atoms with Gasteiger partial charge in [0.2, 0.25) is 0 Å². The Labute approximate surface area is 101 Å². The Bertz CT molecular complexity index is 818. The molecule has 94 valence electrons. The normalized spacial score (nSPS) is 9.22. The molecular weight excluding hydrogens is 280 g/mol. The fourth-order valence-corrected chi connectivity index (χ4v) is 1.14. The minimum absolute atomic E-state index is 0.725. The molecule has 0 saturated carbocycles. The second-order valence-electron chi connectivity index (χ2n) is 2.90. The maximum atomic E-state index is 9.96. The summed E-state index contributed by atoms with van der Waals surface area (Å²) in [4.78, 5) is 53.4. The summed E-state index contributed by atoms with van der Waals surface area (Å²) in [6.07, 6.45) is 0. The van der Waals surface area contributed by atoms with E-state index < -0.39 is 9.60 Å². The van der Waals surface area contributed by atoms with E-state index in [0.29, 0.717) is 0 Å². The molecule has 18 heavy (non-hydrogen) atoms. The van der Waals surface area contributed by atoms with Crippen molar-refractivity contribution in [3.8, 4) is 0 Å². The van der Waals surface area contributed by atoms with E-state index in [0.717, 1.165) is 23.9 Å². The quantitative estimate of drug-likeness (QED) is 0.628. The van der Waals surface area contributed by atoms with Gasteiger partial charge in [-0.25, -0.2) is 0 Å². The van der Waals surface area contributed by atoms with E-state index in [-0.39, 0.29) is 0 Å². The molecule has 0 radical (unpaired) electrons. The van der Waals surface area contributed by atoms with Crippen LogP contribution in [0.15, 0.2) is 30.3 Å². The topological polar surface area (TPSA) is 85.3 Å². The summed E-state index contributed by atoms with van der Waals surface area (Å²) in [5, 5.41) is 0. The second kappa shape index (κ2) is 6.39. The molecule has 0 spiro atoms. The predicted octanol–water partition coefficient (Wildman–Crippen LogP) is 0.00702. The third-order valence-corrected chi connectivity index (χ3v) is 3.92. The molecule has 0 saturated heterocycles. The molecule has 0 amide bonds. The van der Waals surface area contributed by atoms with Crippen LogP contribution in [0.4, 0.5) is 0 Å². The van der Waals surface area contributed by atoms with Crippen molar-refractivity contribution in [2.45, 2.75) is 6.92 Å². The first-order valence-corrected chi connectivity index (χ1v) is 7.08. The fraction of sp³-hybridized carbons (Fsp3) is 0.0833. The van der Waals surface area contributed by atoms with Gasteiger partial charge in [0.1, 0.15) is 0 Å². The number of hydrogen-bond acceptors (Lipinski definition) is 5. The molecule has 0 aromatic heterocycles. The van der Waals surface area contributed by atoms with Crippen LogP contribution in [0.3, 0.4) is 0 Å². The van der Waals surface area contributed by atoms with Crippen molar-refractivity contribution in [1.29, 1.82) is 0 Å². The zero-order valence-corrected chi connectivity index (χ0v) is 10.4. The van der Waals surface area contributed by atoms with Gasteiger partial charge in [0.25, 0.3) is 0 Å². The van der Waals surface area contributed by atoms with Gasteiger partial charge in [-0.1, -0.05) is 35.9 Å². The van der Waals surface area contributed by atoms with E-state index >= 15 is 0 Å². The van der Waals surface area contributed by atoms with Crippen molar-refractivity contribution in [1.82, 2.24) is 0 Å². The van der Waals surface area contributed by atoms with Crippen LogP contribution in [-0.2, 0) is 33.6 Å². The van der Waals surface area contributed by atoms with E-state index in [9.17, 15) is 24.0 Å². The van der Waals surface area contributed by atoms with E-state index in [1.54, 1.807) is 0 Å². The molecule has 0 bridgehead atoms. The molecule has 0 atom stereocenters. The van der Waals surface area contributed by atoms with Gasteiger partial charge in [0.15, 0.2) is 0 Å². The Kier molecular flexibility index (Phi) is 5.55. The molecule has 0 unspecified atom stereocenters. The molecule has 0 aliphatic rings. The molecule has 1 rings (SSSR count). The Morgan fingerprint density at radius 1 is 0.722 bits per heavy atom. The summed E-state index contributed by atoms with van der Waals surface area (Å²) in [5.74, 6) is 0. The molecule has 1 aromatic carbocycles. The monoisotopic (exact) mass is 288 g/mol. The van der Waals surface area contributed by atoms with Crippen LogP contribution in [0.1, 0.15) is 5.56 Å². The van der Waals surface area contributed by atoms with E-state index in [2.05, 4.69) is 19.1 Å². The molecule has 0 fully saturated rings. The van der Waals surface area contributed by atoms with Crippen molar-refractivity contribution < 1.29 is 33.6 Å². The number of aryl methyl sites for hydroxylation is 1. The van der Waals surface area contributed by atoms with E-state index in [4.69, 9.17) is 0 Å². The summed E-state index contributed by atoms with van der Waals surface area (Å²) in [6.45, 7) is 2.08. The van der Waals surface area contributed by atoms with Gasteiger partial charge in [-0.3, -0.25) is 0 Å². The average Bonchev–Trinajstić information content (AvgIpc) is 2.45. The Morgan fingerprint density at radius 2 is 1.06 bits per heavy atom. The van der Waals surface area contributed by atoms with Gasteiger partial charge < -0.3 is 0 Å². The van der Waals surface area contributed by atoms with Crippen molar-refractivity contribution in [2.75, 3.05) is 0 Å². The van der Waals surface area contributed by atoms with Gasteiger partial charge >= 0.3 is 57.5 Å². The fourth-order valence-electron chi connectivity index (χ4n) is 0.682. The molecule has 0 aliphatic heterocycles. The van der Waals surface area contributed by atoms with Crippen molar-refractivity contribution in [2.24, 2.45) is 0 Å². The number of benzene rings is 1. The maximum absolute atomic E-state index is 9.96. The summed E-state index contributed by atoms with van der Waals surface area (Å²) in [7, 11) is -5.33. The molecule has 5 nitrogen and oxygen atoms in total. The summed E-state index contributed by atoms with van der Waals surface area (Å²) in [5.41, 5.74) is 1.32. The molecule has 0 heterocycles. The summed E-state index contributed by atoms with van der Waals surface area (Å²) < 4.78 is 0. The van der Waals surface area contributed by atoms with Crippen LogP contribution in [0, 0.1) is 6.92 Å². The van der Waals surface area contributed by atoms with Crippen molar-refractivity contribution >= 4 is 23.9 Å². The molecular formula is C12H8FeO5. The third kappa shape index (κ3) is 3.31. The zero-order valence-electron chi connectivity index (χ0n) is 9.28. The third-order valence-electron chi connectivity index (χ3n) is 1.66. The minimum atomic E-state index is -5.33. The Hall–Kier alpha value is -2.36. The van der Waals surface area contributed by atoms with E-state index in [1.807, 2.05) is 18.2 Å². The summed E-state index contributed by atoms with van der Waals surface area (Å²) >= 11 is 0. The van der Waals surface area contributed by atoms with Crippen LogP contribution in [-0.4, -0.2) is 23.9 Å². The Morgan fingerprint density at radius 3 is 1.17 bits per heavy atom. The molecule has 0 aliphatic carbocycles. The molecule has 0 N–H and O–H groups in total. The number of rotatable bonds is 0. The molecule has 6 heteroatoms. The van der Waals surface area contributed by atoms with Crippen LogP contribution >= 0.6 is 0 Å². The number of hydrogen-bond donors (Lipinski definition) is 0. The first kappa shape index (κ1) is 15.6. The Balaban J connectivity index is 0.000000351.